The molecule has 0 aliphatic heterocycles. The number of methoxy groups -OCH3 is 1. The van der Waals surface area contributed by atoms with Gasteiger partial charge in [-0.15, -0.1) is 0 Å². The molecule has 0 fully saturated rings. The van der Waals surface area contributed by atoms with E-state index in [0.717, 1.165) is 6.42 Å². The van der Waals surface area contributed by atoms with Crippen molar-refractivity contribution in [1.82, 2.24) is 0 Å². The summed E-state index contributed by atoms with van der Waals surface area (Å²) in [6.07, 6.45) is 0.815. The predicted octanol–water partition coefficient (Wildman–Crippen LogP) is 2.87. The van der Waals surface area contributed by atoms with Gasteiger partial charge in [-0.2, -0.15) is 0 Å². The number of benzene rings is 1. The lowest BCUT2D eigenvalue weighted by molar-refractivity contribution is -0.114. The Balaban J connectivity index is 3.19. The van der Waals surface area contributed by atoms with Crippen molar-refractivity contribution in [2.75, 3.05) is 19.0 Å². The zero-order valence-corrected chi connectivity index (χ0v) is 11.8. The second kappa shape index (κ2) is 6.99. The zero-order chi connectivity index (χ0) is 14.4. The van der Waals surface area contributed by atoms with Gasteiger partial charge < -0.3 is 14.8 Å². The van der Waals surface area contributed by atoms with E-state index in [0.29, 0.717) is 18.0 Å². The fraction of sp³-hybridized carbons (Fsp3) is 0.385. The fourth-order valence-corrected chi connectivity index (χ4v) is 1.67. The Kier molecular flexibility index (Phi) is 5.63. The molecule has 0 aliphatic carbocycles. The van der Waals surface area contributed by atoms with E-state index in [1.54, 1.807) is 0 Å². The van der Waals surface area contributed by atoms with Gasteiger partial charge in [-0.3, -0.25) is 4.79 Å². The molecular weight excluding hydrogens is 270 g/mol. The number of ether oxygens (including phenoxy) is 2. The Morgan fingerprint density at radius 2 is 2.05 bits per heavy atom. The molecule has 6 heteroatoms. The molecule has 1 aromatic carbocycles. The highest BCUT2D eigenvalue weighted by Crippen LogP contribution is 2.32. The van der Waals surface area contributed by atoms with Crippen molar-refractivity contribution < 1.29 is 19.1 Å². The van der Waals surface area contributed by atoms with Crippen LogP contribution < -0.4 is 10.1 Å². The van der Waals surface area contributed by atoms with E-state index in [-0.39, 0.29) is 16.5 Å². The maximum Gasteiger partial charge on any atom is 0.339 e. The molecule has 5 nitrogen and oxygen atoms in total. The van der Waals surface area contributed by atoms with E-state index in [4.69, 9.17) is 16.3 Å². The highest BCUT2D eigenvalue weighted by atomic mass is 35.5. The summed E-state index contributed by atoms with van der Waals surface area (Å²) in [5, 5.41) is 2.81. The molecule has 0 saturated carbocycles. The lowest BCUT2D eigenvalue weighted by atomic mass is 10.2. The monoisotopic (exact) mass is 285 g/mol. The Hall–Kier alpha value is -1.75. The van der Waals surface area contributed by atoms with Crippen molar-refractivity contribution in [1.29, 1.82) is 0 Å². The van der Waals surface area contributed by atoms with Crippen LogP contribution in [0, 0.1) is 0 Å². The number of halogens is 1. The molecule has 0 bridgehead atoms. The van der Waals surface area contributed by atoms with Gasteiger partial charge in [-0.25, -0.2) is 4.79 Å². The average Bonchev–Trinajstić information content (AvgIpc) is 2.37. The number of hydrogen-bond acceptors (Lipinski definition) is 4. The largest absolute Gasteiger partial charge is 0.491 e. The Morgan fingerprint density at radius 3 is 2.58 bits per heavy atom. The third kappa shape index (κ3) is 4.13. The second-order valence-corrected chi connectivity index (χ2v) is 4.26. The van der Waals surface area contributed by atoms with Crippen LogP contribution in [0.25, 0.3) is 0 Å². The van der Waals surface area contributed by atoms with Crippen LogP contribution in [0.15, 0.2) is 12.1 Å². The van der Waals surface area contributed by atoms with Gasteiger partial charge in [0.25, 0.3) is 0 Å². The van der Waals surface area contributed by atoms with E-state index >= 15 is 0 Å². The van der Waals surface area contributed by atoms with E-state index in [2.05, 4.69) is 10.1 Å². The normalized spacial score (nSPS) is 9.89. The minimum atomic E-state index is -0.571. The highest BCUT2D eigenvalue weighted by Gasteiger charge is 2.16. The van der Waals surface area contributed by atoms with Gasteiger partial charge in [0.15, 0.2) is 0 Å². The maximum atomic E-state index is 11.5. The Bertz CT molecular complexity index is 488. The lowest BCUT2D eigenvalue weighted by Crippen LogP contribution is -2.11. The SMILES string of the molecule is CCCOc1cc(Cl)c(C(=O)OC)cc1NC(C)=O. The molecule has 0 heterocycles. The van der Waals surface area contributed by atoms with Gasteiger partial charge in [0.1, 0.15) is 5.75 Å². The number of nitrogens with one attached hydrogen (secondary N) is 1. The summed E-state index contributed by atoms with van der Waals surface area (Å²) in [7, 11) is 1.26. The lowest BCUT2D eigenvalue weighted by Gasteiger charge is -2.13. The summed E-state index contributed by atoms with van der Waals surface area (Å²) in [6.45, 7) is 3.82. The van der Waals surface area contributed by atoms with Crippen molar-refractivity contribution in [3.05, 3.63) is 22.7 Å². The van der Waals surface area contributed by atoms with Crippen LogP contribution in [0.4, 0.5) is 5.69 Å². The fourth-order valence-electron chi connectivity index (χ4n) is 1.44. The number of esters is 1. The van der Waals surface area contributed by atoms with Crippen LogP contribution in [0.3, 0.4) is 0 Å². The number of hydrogen-bond donors (Lipinski definition) is 1. The topological polar surface area (TPSA) is 64.6 Å². The molecule has 1 amide bonds. The van der Waals surface area contributed by atoms with Crippen molar-refractivity contribution in [3.8, 4) is 5.75 Å². The van der Waals surface area contributed by atoms with E-state index in [1.807, 2.05) is 6.92 Å². The first-order valence-electron chi connectivity index (χ1n) is 5.81. The molecule has 1 rings (SSSR count). The number of carbonyl (C=O) groups is 2. The van der Waals surface area contributed by atoms with Crippen LogP contribution in [-0.4, -0.2) is 25.6 Å². The summed E-state index contributed by atoms with van der Waals surface area (Å²) < 4.78 is 10.1. The van der Waals surface area contributed by atoms with Crippen LogP contribution in [0.5, 0.6) is 5.75 Å². The molecule has 0 spiro atoms. The standard InChI is InChI=1S/C13H16ClNO4/c1-4-5-19-12-7-10(14)9(13(17)18-3)6-11(12)15-8(2)16/h6-7H,4-5H2,1-3H3,(H,15,16). The summed E-state index contributed by atoms with van der Waals surface area (Å²) >= 11 is 6.00. The first kappa shape index (κ1) is 15.3. The minimum absolute atomic E-state index is 0.178. The summed E-state index contributed by atoms with van der Waals surface area (Å²) in [5.41, 5.74) is 0.572. The number of carbonyl (C=O) groups excluding carboxylic acids is 2. The third-order valence-corrected chi connectivity index (χ3v) is 2.56. The number of anilines is 1. The zero-order valence-electron chi connectivity index (χ0n) is 11.1. The first-order chi connectivity index (χ1) is 8.99. The molecule has 1 N–H and O–H groups in total. The van der Waals surface area contributed by atoms with E-state index in [1.165, 1.54) is 26.2 Å². The molecule has 104 valence electrons. The average molecular weight is 286 g/mol. The van der Waals surface area contributed by atoms with E-state index < -0.39 is 5.97 Å². The van der Waals surface area contributed by atoms with Gasteiger partial charge >= 0.3 is 5.97 Å². The predicted molar refractivity (Wildman–Crippen MR) is 72.9 cm³/mol. The van der Waals surface area contributed by atoms with Crippen LogP contribution in [-0.2, 0) is 9.53 Å². The molecular formula is C13H16ClNO4. The Morgan fingerprint density at radius 1 is 1.37 bits per heavy atom. The van der Waals surface area contributed by atoms with Gasteiger partial charge in [-0.1, -0.05) is 18.5 Å². The first-order valence-corrected chi connectivity index (χ1v) is 6.19. The highest BCUT2D eigenvalue weighted by molar-refractivity contribution is 6.34. The quantitative estimate of drug-likeness (QED) is 0.845. The summed E-state index contributed by atoms with van der Waals surface area (Å²) in [6, 6.07) is 2.94. The molecule has 0 saturated heterocycles. The molecule has 1 aromatic rings. The minimum Gasteiger partial charge on any atom is -0.491 e. The van der Waals surface area contributed by atoms with Gasteiger partial charge in [-0.05, 0) is 12.5 Å². The van der Waals surface area contributed by atoms with Crippen molar-refractivity contribution in [2.24, 2.45) is 0 Å². The van der Waals surface area contributed by atoms with Crippen LogP contribution in [0.2, 0.25) is 5.02 Å². The summed E-state index contributed by atoms with van der Waals surface area (Å²) in [4.78, 5) is 22.7. The Labute approximate surface area is 116 Å². The van der Waals surface area contributed by atoms with Crippen molar-refractivity contribution >= 4 is 29.2 Å². The molecule has 0 aliphatic rings. The molecule has 19 heavy (non-hydrogen) atoms. The molecule has 0 atom stereocenters. The van der Waals surface area contributed by atoms with Crippen LogP contribution >= 0.6 is 11.6 Å². The number of amides is 1. The van der Waals surface area contributed by atoms with Crippen LogP contribution in [0.1, 0.15) is 30.6 Å². The van der Waals surface area contributed by atoms with Gasteiger partial charge in [0.05, 0.1) is 30.0 Å². The number of rotatable bonds is 5. The third-order valence-electron chi connectivity index (χ3n) is 2.25. The van der Waals surface area contributed by atoms with E-state index in [9.17, 15) is 9.59 Å². The second-order valence-electron chi connectivity index (χ2n) is 3.85. The maximum absolute atomic E-state index is 11.5. The molecule has 0 unspecified atom stereocenters. The summed E-state index contributed by atoms with van der Waals surface area (Å²) in [5.74, 6) is -0.409. The molecule has 0 radical (unpaired) electrons. The smallest absolute Gasteiger partial charge is 0.339 e. The van der Waals surface area contributed by atoms with Gasteiger partial charge in [0.2, 0.25) is 5.91 Å². The van der Waals surface area contributed by atoms with Crippen molar-refractivity contribution in [2.45, 2.75) is 20.3 Å². The van der Waals surface area contributed by atoms with Crippen molar-refractivity contribution in [3.63, 3.8) is 0 Å². The van der Waals surface area contributed by atoms with Gasteiger partial charge in [0, 0.05) is 13.0 Å². The molecule has 0 aromatic heterocycles.